The average Bonchev–Trinajstić information content (AvgIpc) is 3.00. The van der Waals surface area contributed by atoms with E-state index in [0.29, 0.717) is 11.1 Å². The summed E-state index contributed by atoms with van der Waals surface area (Å²) in [5.74, 6) is -6.20. The molecule has 44 heavy (non-hydrogen) atoms. The molecule has 16 nitrogen and oxygen atoms in total. The van der Waals surface area contributed by atoms with E-state index < -0.39 is 48.4 Å². The number of methoxy groups -OCH3 is 4. The van der Waals surface area contributed by atoms with Gasteiger partial charge in [-0.25, -0.2) is 28.8 Å². The molecule has 234 valence electrons. The van der Waals surface area contributed by atoms with Crippen molar-refractivity contribution < 1.29 is 76.9 Å². The Morgan fingerprint density at radius 2 is 0.955 bits per heavy atom. The Morgan fingerprint density at radius 1 is 0.591 bits per heavy atom. The van der Waals surface area contributed by atoms with Crippen LogP contribution in [0.1, 0.15) is 11.1 Å². The lowest BCUT2D eigenvalue weighted by molar-refractivity contribution is -0.183. The van der Waals surface area contributed by atoms with Gasteiger partial charge in [0.15, 0.2) is 23.0 Å². The van der Waals surface area contributed by atoms with Crippen molar-refractivity contribution in [1.82, 2.24) is 0 Å². The van der Waals surface area contributed by atoms with Gasteiger partial charge < -0.3 is 48.1 Å². The largest absolute Gasteiger partial charge is 0.513 e. The molecule has 0 saturated heterocycles. The Morgan fingerprint density at radius 3 is 1.25 bits per heavy atom. The van der Waals surface area contributed by atoms with E-state index in [9.17, 15) is 39.0 Å². The fourth-order valence-corrected chi connectivity index (χ4v) is 3.15. The molecule has 2 aromatic carbocycles. The van der Waals surface area contributed by atoms with Gasteiger partial charge in [0.1, 0.15) is 0 Å². The van der Waals surface area contributed by atoms with Crippen LogP contribution in [0.5, 0.6) is 23.0 Å². The van der Waals surface area contributed by atoms with Crippen LogP contribution in [-0.2, 0) is 38.1 Å². The lowest BCUT2D eigenvalue weighted by Crippen LogP contribution is -2.45. The third-order valence-corrected chi connectivity index (χ3v) is 5.17. The Labute approximate surface area is 248 Å². The molecule has 0 fully saturated rings. The summed E-state index contributed by atoms with van der Waals surface area (Å²) in [6.45, 7) is 0. The van der Waals surface area contributed by atoms with Crippen molar-refractivity contribution in [3.63, 3.8) is 0 Å². The quantitative estimate of drug-likeness (QED) is 0.143. The second-order valence-corrected chi connectivity index (χ2v) is 7.99. The predicted molar refractivity (Wildman–Crippen MR) is 145 cm³/mol. The van der Waals surface area contributed by atoms with E-state index in [-0.39, 0.29) is 23.0 Å². The highest BCUT2D eigenvalue weighted by atomic mass is 16.7. The molecule has 0 aliphatic heterocycles. The summed E-state index contributed by atoms with van der Waals surface area (Å²) >= 11 is 0. The Bertz CT molecular complexity index is 1350. The Kier molecular flexibility index (Phi) is 12.7. The molecular weight excluding hydrogens is 592 g/mol. The summed E-state index contributed by atoms with van der Waals surface area (Å²) in [4.78, 5) is 70.9. The van der Waals surface area contributed by atoms with E-state index >= 15 is 0 Å². The maximum absolute atomic E-state index is 12.3. The standard InChI is InChI=1S/C28H26O16/c1-37-19-13-15(5-9-17(19)41-27(35)39-3)7-11-21(29)43-23(25(31)32)24(26(33)34)44-22(30)12-8-16-6-10-18(20(14-16)38-2)42-28(36)40-4/h5-14,23-24H,1-4H3,(H,31,32)(H,33,34)/b11-7+,12-8+/t23-,24+. The zero-order valence-corrected chi connectivity index (χ0v) is 23.5. The SMILES string of the molecule is COC(=O)Oc1ccc(/C=C/C(=O)O[C@H](C(=O)O)[C@@H](OC(=O)/C=C/c2ccc(OC(=O)OC)c(OC)c2)C(=O)O)cc1OC. The van der Waals surface area contributed by atoms with E-state index in [2.05, 4.69) is 9.47 Å². The second kappa shape index (κ2) is 16.4. The smallest absolute Gasteiger partial charge is 0.493 e. The molecule has 0 aromatic heterocycles. The zero-order valence-electron chi connectivity index (χ0n) is 23.5. The number of hydrogen-bond acceptors (Lipinski definition) is 14. The van der Waals surface area contributed by atoms with Crippen molar-refractivity contribution in [2.75, 3.05) is 28.4 Å². The first-order valence-electron chi connectivity index (χ1n) is 12.0. The minimum Gasteiger partial charge on any atom is -0.493 e. The van der Waals surface area contributed by atoms with Gasteiger partial charge in [0.2, 0.25) is 12.2 Å². The fraction of sp³-hybridized carbons (Fsp3) is 0.214. The van der Waals surface area contributed by atoms with Gasteiger partial charge in [-0.05, 0) is 47.5 Å². The normalized spacial score (nSPS) is 12.0. The third-order valence-electron chi connectivity index (χ3n) is 5.17. The van der Waals surface area contributed by atoms with Crippen molar-refractivity contribution >= 4 is 48.3 Å². The van der Waals surface area contributed by atoms with E-state index in [1.165, 1.54) is 62.8 Å². The van der Waals surface area contributed by atoms with E-state index in [0.717, 1.165) is 26.4 Å². The lowest BCUT2D eigenvalue weighted by Gasteiger charge is -2.19. The van der Waals surface area contributed by atoms with E-state index in [4.69, 9.17) is 28.4 Å². The highest BCUT2D eigenvalue weighted by molar-refractivity contribution is 5.93. The van der Waals surface area contributed by atoms with Gasteiger partial charge in [-0.15, -0.1) is 0 Å². The lowest BCUT2D eigenvalue weighted by atomic mass is 10.1. The maximum atomic E-state index is 12.3. The molecule has 2 N–H and O–H groups in total. The van der Waals surface area contributed by atoms with Crippen LogP contribution in [0.4, 0.5) is 9.59 Å². The highest BCUT2D eigenvalue weighted by Crippen LogP contribution is 2.30. The van der Waals surface area contributed by atoms with Gasteiger partial charge in [-0.3, -0.25) is 0 Å². The second-order valence-electron chi connectivity index (χ2n) is 7.99. The molecule has 0 spiro atoms. The number of esters is 2. The van der Waals surface area contributed by atoms with Gasteiger partial charge in [0.25, 0.3) is 0 Å². The number of aliphatic carboxylic acids is 2. The minimum absolute atomic E-state index is 0.00826. The number of ether oxygens (including phenoxy) is 8. The van der Waals surface area contributed by atoms with Crippen LogP contribution < -0.4 is 18.9 Å². The van der Waals surface area contributed by atoms with Crippen LogP contribution in [0, 0.1) is 0 Å². The molecule has 0 aliphatic carbocycles. The number of carbonyl (C=O) groups excluding carboxylic acids is 4. The van der Waals surface area contributed by atoms with Crippen molar-refractivity contribution in [1.29, 1.82) is 0 Å². The number of hydrogen-bond donors (Lipinski definition) is 2. The molecule has 16 heteroatoms. The van der Waals surface area contributed by atoms with Gasteiger partial charge in [-0.1, -0.05) is 12.1 Å². The summed E-state index contributed by atoms with van der Waals surface area (Å²) in [6.07, 6.45) is -2.94. The first-order chi connectivity index (χ1) is 20.9. The molecule has 0 unspecified atom stereocenters. The number of carbonyl (C=O) groups is 6. The molecule has 2 aromatic rings. The van der Waals surface area contributed by atoms with Gasteiger partial charge in [0, 0.05) is 12.2 Å². The Balaban J connectivity index is 2.14. The summed E-state index contributed by atoms with van der Waals surface area (Å²) in [5.41, 5.74) is 0.631. The molecule has 0 aliphatic rings. The number of benzene rings is 2. The van der Waals surface area contributed by atoms with Gasteiger partial charge in [-0.2, -0.15) is 0 Å². The molecule has 0 radical (unpaired) electrons. The molecule has 0 saturated carbocycles. The van der Waals surface area contributed by atoms with Crippen LogP contribution in [0.3, 0.4) is 0 Å². The summed E-state index contributed by atoms with van der Waals surface area (Å²) in [5, 5.41) is 19.0. The molecule has 2 atom stereocenters. The monoisotopic (exact) mass is 618 g/mol. The first-order valence-corrected chi connectivity index (χ1v) is 12.0. The van der Waals surface area contributed by atoms with Crippen molar-refractivity contribution in [3.05, 3.63) is 59.7 Å². The molecule has 0 heterocycles. The molecule has 0 bridgehead atoms. The zero-order chi connectivity index (χ0) is 32.8. The van der Waals surface area contributed by atoms with Crippen LogP contribution in [0.15, 0.2) is 48.6 Å². The van der Waals surface area contributed by atoms with Gasteiger partial charge >= 0.3 is 36.2 Å². The van der Waals surface area contributed by atoms with Crippen molar-refractivity contribution in [2.45, 2.75) is 12.2 Å². The number of carboxylic acids is 2. The van der Waals surface area contributed by atoms with Crippen LogP contribution >= 0.6 is 0 Å². The van der Waals surface area contributed by atoms with Crippen LogP contribution in [0.25, 0.3) is 12.2 Å². The predicted octanol–water partition coefficient (Wildman–Crippen LogP) is 2.71. The highest BCUT2D eigenvalue weighted by Gasteiger charge is 2.40. The third kappa shape index (κ3) is 10.1. The maximum Gasteiger partial charge on any atom is 0.513 e. The summed E-state index contributed by atoms with van der Waals surface area (Å²) in [7, 11) is 4.80. The summed E-state index contributed by atoms with van der Waals surface area (Å²) < 4.78 is 38.3. The molecule has 2 rings (SSSR count). The van der Waals surface area contributed by atoms with E-state index in [1.54, 1.807) is 0 Å². The van der Waals surface area contributed by atoms with Crippen LogP contribution in [0.2, 0.25) is 0 Å². The Hall–Kier alpha value is -6.06. The topological polar surface area (TPSA) is 217 Å². The minimum atomic E-state index is -2.43. The van der Waals surface area contributed by atoms with Gasteiger partial charge in [0.05, 0.1) is 28.4 Å². The van der Waals surface area contributed by atoms with Crippen molar-refractivity contribution in [2.24, 2.45) is 0 Å². The number of rotatable bonds is 13. The van der Waals surface area contributed by atoms with E-state index in [1.807, 2.05) is 0 Å². The number of carboxylic acid groups (broad SMARTS) is 2. The average molecular weight is 619 g/mol. The fourth-order valence-electron chi connectivity index (χ4n) is 3.15. The first kappa shape index (κ1) is 34.1. The summed E-state index contributed by atoms with van der Waals surface area (Å²) in [6, 6.07) is 8.19. The van der Waals surface area contributed by atoms with Crippen molar-refractivity contribution in [3.8, 4) is 23.0 Å². The molecule has 0 amide bonds. The molecular formula is C28H26O16. The van der Waals surface area contributed by atoms with Crippen LogP contribution in [-0.4, -0.2) is 87.0 Å².